The number of hydrogen-bond donors (Lipinski definition) is 5. The number of aromatic hydroxyl groups is 1. The number of rotatable bonds is 24. The van der Waals surface area contributed by atoms with Gasteiger partial charge in [-0.15, -0.1) is 6.42 Å². The van der Waals surface area contributed by atoms with E-state index in [2.05, 4.69) is 64.1 Å². The summed E-state index contributed by atoms with van der Waals surface area (Å²) in [5, 5.41) is 24.9. The van der Waals surface area contributed by atoms with Crippen LogP contribution in [0.1, 0.15) is 167 Å². The molecule has 5 saturated heterocycles. The summed E-state index contributed by atoms with van der Waals surface area (Å²) < 4.78 is 44.7. The summed E-state index contributed by atoms with van der Waals surface area (Å²) >= 11 is 0. The van der Waals surface area contributed by atoms with Gasteiger partial charge in [0.1, 0.15) is 60.1 Å². The van der Waals surface area contributed by atoms with E-state index in [1.54, 1.807) is 4.90 Å². The molecular formula is C69H85F2N11O7. The number of pyridine rings is 1. The lowest BCUT2D eigenvalue weighted by Crippen LogP contribution is -2.57. The van der Waals surface area contributed by atoms with E-state index >= 15 is 8.78 Å². The van der Waals surface area contributed by atoms with Gasteiger partial charge >= 0.3 is 12.0 Å². The Bertz CT molecular complexity index is 3570. The SMILES string of the molecule is C#Cc1c(F)ccc2cc(O)cc(-c3ncc4c(N5CC6CCC(C5)N6)nc(OCC56CCCN5C(C(=O)OCNCCCCCCCCCC(=O)NC(C(=O)N5CCC[C@H]5C(=O)N[C@@H](C)c5ccc(C7=C(C)N=CC7)cc5)C(C)(C)C)CC6)nc4c3F)c12. The number of aliphatic imine (C=N–C) groups is 1. The Morgan fingerprint density at radius 2 is 1.65 bits per heavy atom. The second-order valence-corrected chi connectivity index (χ2v) is 26.4. The number of esters is 1. The number of ether oxygens (including phenoxy) is 2. The molecule has 3 aromatic carbocycles. The molecule has 0 radical (unpaired) electrons. The molecule has 0 aliphatic carbocycles. The molecular weight excluding hydrogens is 1130 g/mol. The number of nitrogens with one attached hydrogen (secondary N) is 4. The highest BCUT2D eigenvalue weighted by molar-refractivity contribution is 6.03. The molecule has 5 fully saturated rings. The van der Waals surface area contributed by atoms with E-state index in [0.29, 0.717) is 81.4 Å². The topological polar surface area (TPSA) is 216 Å². The third-order valence-corrected chi connectivity index (χ3v) is 19.2. The maximum atomic E-state index is 17.2. The molecule has 5 unspecified atom stereocenters. The number of halogens is 2. The van der Waals surface area contributed by atoms with Crippen LogP contribution in [0.5, 0.6) is 11.8 Å². The molecule has 7 atom stereocenters. The van der Waals surface area contributed by atoms with Gasteiger partial charge in [-0.1, -0.05) is 89.1 Å². The van der Waals surface area contributed by atoms with Crippen LogP contribution in [-0.2, 0) is 23.9 Å². The lowest BCUT2D eigenvalue weighted by Gasteiger charge is -2.35. The maximum absolute atomic E-state index is 17.2. The quantitative estimate of drug-likeness (QED) is 0.0168. The molecule has 3 amide bonds. The molecule has 89 heavy (non-hydrogen) atoms. The predicted octanol–water partition coefficient (Wildman–Crippen LogP) is 9.94. The first kappa shape index (κ1) is 63.0. The summed E-state index contributed by atoms with van der Waals surface area (Å²) in [4.78, 5) is 79.4. The molecule has 18 nitrogen and oxygen atoms in total. The molecule has 5 N–H and O–H groups in total. The number of terminal acetylenes is 1. The van der Waals surface area contributed by atoms with Gasteiger partial charge in [0.15, 0.2) is 5.82 Å². The molecule has 0 saturated carbocycles. The fraction of sp³-hybridized carbons (Fsp3) is 0.536. The number of nitrogens with zero attached hydrogens (tertiary/aromatic N) is 7. The lowest BCUT2D eigenvalue weighted by molar-refractivity contribution is -0.150. The first-order valence-corrected chi connectivity index (χ1v) is 32.2. The number of hydrogen-bond acceptors (Lipinski definition) is 15. The van der Waals surface area contributed by atoms with Crippen molar-refractivity contribution in [3.63, 3.8) is 0 Å². The summed E-state index contributed by atoms with van der Waals surface area (Å²) in [6, 6.07) is 12.1. The van der Waals surface area contributed by atoms with Gasteiger partial charge in [-0.3, -0.25) is 39.4 Å². The number of likely N-dealkylation sites (tertiary alicyclic amines) is 1. The van der Waals surface area contributed by atoms with Gasteiger partial charge in [-0.05, 0) is 137 Å². The number of allylic oxidation sites excluding steroid dienone is 2. The number of phenolic OH excluding ortho intramolecular Hbond substituents is 1. The van der Waals surface area contributed by atoms with E-state index in [4.69, 9.17) is 20.9 Å². The summed E-state index contributed by atoms with van der Waals surface area (Å²) in [7, 11) is 0. The van der Waals surface area contributed by atoms with Crippen molar-refractivity contribution in [2.24, 2.45) is 10.4 Å². The summed E-state index contributed by atoms with van der Waals surface area (Å²) in [6.45, 7) is 13.3. The number of carbonyl (C=O) groups is 4. The largest absolute Gasteiger partial charge is 0.508 e. The van der Waals surface area contributed by atoms with Gasteiger partial charge in [0.2, 0.25) is 17.7 Å². The highest BCUT2D eigenvalue weighted by atomic mass is 19.1. The molecule has 8 heterocycles. The third kappa shape index (κ3) is 13.8. The summed E-state index contributed by atoms with van der Waals surface area (Å²) in [6.07, 6.45) is 23.3. The number of piperazine rings is 1. The highest BCUT2D eigenvalue weighted by Gasteiger charge is 2.53. The standard InChI is InChI=1S/C69H85F2N11O7/c1-7-50-54(70)26-23-46-35-49(83)36-52(58(46)50)60-59(71)61-53(37-74-60)63(80-38-47-24-25-48(39-80)76-47)79-67(78-61)88-40-69-29-16-34-82(69)56(27-30-69)66(87)89-41-72-31-14-12-10-8-9-11-13-18-57(84)77-62(68(4,5)6)65(86)81-33-15-17-55(81)64(85)75-42(2)44-19-21-45(22-20-44)51-28-32-73-43(51)3/h1,19-23,26,32,35-37,42,47-48,55-56,62,72,76,83H,8-18,24-25,27-31,33-34,38-41H2,2-6H3,(H,75,85)(H,77,84)/t42-,47?,48?,55-,56?,62?,69?/m0/s1. The number of carbonyl (C=O) groups excluding carboxylic acids is 4. The van der Waals surface area contributed by atoms with Crippen molar-refractivity contribution in [2.75, 3.05) is 51.0 Å². The van der Waals surface area contributed by atoms with Gasteiger partial charge in [-0.25, -0.2) is 8.78 Å². The Morgan fingerprint density at radius 3 is 2.38 bits per heavy atom. The summed E-state index contributed by atoms with van der Waals surface area (Å²) in [5.74, 6) is 0.454. The van der Waals surface area contributed by atoms with E-state index < -0.39 is 40.7 Å². The van der Waals surface area contributed by atoms with Crippen LogP contribution in [0.4, 0.5) is 14.6 Å². The van der Waals surface area contributed by atoms with Crippen LogP contribution in [0, 0.1) is 29.4 Å². The van der Waals surface area contributed by atoms with Crippen molar-refractivity contribution in [3.05, 3.63) is 88.7 Å². The minimum atomic E-state index is -0.787. The smallest absolute Gasteiger partial charge is 0.324 e. The normalized spacial score (nSPS) is 22.2. The van der Waals surface area contributed by atoms with Crippen molar-refractivity contribution in [2.45, 2.75) is 186 Å². The highest BCUT2D eigenvalue weighted by Crippen LogP contribution is 2.44. The van der Waals surface area contributed by atoms with Gasteiger partial charge < -0.3 is 40.3 Å². The monoisotopic (exact) mass is 1220 g/mol. The molecule has 0 spiro atoms. The van der Waals surface area contributed by atoms with E-state index in [1.807, 2.05) is 53.0 Å². The Labute approximate surface area is 520 Å². The van der Waals surface area contributed by atoms with Gasteiger partial charge in [0.05, 0.1) is 22.5 Å². The molecule has 2 bridgehead atoms. The summed E-state index contributed by atoms with van der Waals surface area (Å²) in [5.41, 5.74) is 3.18. The fourth-order valence-electron chi connectivity index (χ4n) is 14.4. The Hall–Kier alpha value is -7.60. The minimum Gasteiger partial charge on any atom is -0.508 e. The first-order valence-electron chi connectivity index (χ1n) is 32.2. The van der Waals surface area contributed by atoms with Crippen LogP contribution < -0.4 is 30.9 Å². The van der Waals surface area contributed by atoms with Crippen LogP contribution >= 0.6 is 0 Å². The Balaban J connectivity index is 0.604. The van der Waals surface area contributed by atoms with Gasteiger partial charge in [0.25, 0.3) is 0 Å². The van der Waals surface area contributed by atoms with Crippen LogP contribution in [0.15, 0.2) is 65.4 Å². The van der Waals surface area contributed by atoms with Crippen LogP contribution in [0.2, 0.25) is 0 Å². The van der Waals surface area contributed by atoms with Gasteiger partial charge in [0, 0.05) is 73.6 Å². The maximum Gasteiger partial charge on any atom is 0.324 e. The van der Waals surface area contributed by atoms with Crippen molar-refractivity contribution in [1.29, 1.82) is 0 Å². The minimum absolute atomic E-state index is 0.00741. The van der Waals surface area contributed by atoms with Crippen molar-refractivity contribution < 1.29 is 42.5 Å². The molecule has 6 aliphatic heterocycles. The van der Waals surface area contributed by atoms with E-state index in [1.165, 1.54) is 36.0 Å². The zero-order chi connectivity index (χ0) is 62.6. The molecule has 2 aromatic heterocycles. The van der Waals surface area contributed by atoms with Crippen molar-refractivity contribution >= 4 is 63.0 Å². The fourth-order valence-corrected chi connectivity index (χ4v) is 14.4. The number of unbranched alkanes of at least 4 members (excludes halogenated alkanes) is 6. The van der Waals surface area contributed by atoms with Crippen LogP contribution in [-0.4, -0.2) is 142 Å². The Morgan fingerprint density at radius 1 is 0.899 bits per heavy atom. The average molecular weight is 1220 g/mol. The number of amides is 3. The predicted molar refractivity (Wildman–Crippen MR) is 340 cm³/mol. The molecule has 5 aromatic rings. The molecule has 472 valence electrons. The first-order chi connectivity index (χ1) is 42.9. The lowest BCUT2D eigenvalue weighted by atomic mass is 9.85. The molecule has 11 rings (SSSR count). The number of aromatic nitrogens is 3. The number of fused-ring (bicyclic) bond motifs is 5. The van der Waals surface area contributed by atoms with E-state index in [-0.39, 0.29) is 94.6 Å². The zero-order valence-electron chi connectivity index (χ0n) is 52.1. The van der Waals surface area contributed by atoms with Crippen molar-refractivity contribution in [3.8, 4) is 35.4 Å². The van der Waals surface area contributed by atoms with Gasteiger partial charge in [-0.2, -0.15) is 9.97 Å². The third-order valence-electron chi connectivity index (χ3n) is 19.2. The number of phenols is 1. The van der Waals surface area contributed by atoms with Crippen molar-refractivity contribution in [1.82, 2.24) is 46.0 Å². The van der Waals surface area contributed by atoms with Crippen LogP contribution in [0.25, 0.3) is 38.5 Å². The Kier molecular flexibility index (Phi) is 19.3. The zero-order valence-corrected chi connectivity index (χ0v) is 52.1. The van der Waals surface area contributed by atoms with E-state index in [0.717, 1.165) is 93.9 Å². The molecule has 6 aliphatic rings. The van der Waals surface area contributed by atoms with E-state index in [9.17, 15) is 24.3 Å². The number of benzene rings is 3. The second kappa shape index (κ2) is 27.2. The molecule has 20 heteroatoms. The average Bonchev–Trinajstić information content (AvgIpc) is 1.71. The second-order valence-electron chi connectivity index (χ2n) is 26.4. The number of anilines is 1. The van der Waals surface area contributed by atoms with Crippen LogP contribution in [0.3, 0.4) is 0 Å².